The van der Waals surface area contributed by atoms with Gasteiger partial charge in [0.15, 0.2) is 11.6 Å². The normalized spacial score (nSPS) is 11.3. The summed E-state index contributed by atoms with van der Waals surface area (Å²) in [5.74, 6) is -3.05. The summed E-state index contributed by atoms with van der Waals surface area (Å²) in [5.41, 5.74) is -1.47. The van der Waals surface area contributed by atoms with E-state index in [-0.39, 0.29) is 18.6 Å². The number of halogens is 2. The number of ether oxygens (including phenoxy) is 1. The number of aliphatic carboxylic acids is 1. The minimum atomic E-state index is -1.47. The summed E-state index contributed by atoms with van der Waals surface area (Å²) in [5, 5.41) is 9.11. The number of carboxylic acids is 1. The zero-order chi connectivity index (χ0) is 13.1. The summed E-state index contributed by atoms with van der Waals surface area (Å²) < 4.78 is 31.3. The molecule has 0 fully saturated rings. The van der Waals surface area contributed by atoms with Gasteiger partial charge in [-0.2, -0.15) is 0 Å². The molecule has 0 saturated carbocycles. The second kappa shape index (κ2) is 5.12. The molecule has 1 N–H and O–H groups in total. The Morgan fingerprint density at radius 3 is 2.35 bits per heavy atom. The Morgan fingerprint density at radius 2 is 1.94 bits per heavy atom. The van der Waals surface area contributed by atoms with E-state index in [2.05, 4.69) is 0 Å². The van der Waals surface area contributed by atoms with Crippen molar-refractivity contribution in [3.05, 3.63) is 29.8 Å². The molecule has 1 aromatic carbocycles. The predicted octanol–water partition coefficient (Wildman–Crippen LogP) is 2.99. The molecular weight excluding hydrogens is 230 g/mol. The molecule has 0 aliphatic carbocycles. The fourth-order valence-electron chi connectivity index (χ4n) is 1.51. The van der Waals surface area contributed by atoms with Gasteiger partial charge in [-0.3, -0.25) is 0 Å². The van der Waals surface area contributed by atoms with Gasteiger partial charge in [0, 0.05) is 6.07 Å². The Bertz CT molecular complexity index is 414. The highest BCUT2D eigenvalue weighted by atomic mass is 19.1. The first-order chi connectivity index (χ1) is 7.95. The van der Waals surface area contributed by atoms with Gasteiger partial charge >= 0.3 is 5.97 Å². The van der Waals surface area contributed by atoms with Gasteiger partial charge in [-0.1, -0.05) is 13.8 Å². The van der Waals surface area contributed by atoms with Crippen molar-refractivity contribution in [2.45, 2.75) is 32.3 Å². The first kappa shape index (κ1) is 13.4. The van der Waals surface area contributed by atoms with Gasteiger partial charge in [0.2, 0.25) is 5.60 Å². The van der Waals surface area contributed by atoms with Crippen LogP contribution < -0.4 is 4.74 Å². The highest BCUT2D eigenvalue weighted by Gasteiger charge is 2.38. The molecule has 1 aromatic rings. The van der Waals surface area contributed by atoms with Crippen molar-refractivity contribution in [3.63, 3.8) is 0 Å². The molecule has 94 valence electrons. The van der Waals surface area contributed by atoms with Crippen LogP contribution in [0.4, 0.5) is 8.78 Å². The third kappa shape index (κ3) is 2.72. The summed E-state index contributed by atoms with van der Waals surface area (Å²) in [4.78, 5) is 11.1. The maximum absolute atomic E-state index is 13.4. The van der Waals surface area contributed by atoms with Crippen molar-refractivity contribution in [1.82, 2.24) is 0 Å². The monoisotopic (exact) mass is 244 g/mol. The first-order valence-corrected chi connectivity index (χ1v) is 5.32. The second-order valence-corrected chi connectivity index (χ2v) is 3.68. The average molecular weight is 244 g/mol. The third-order valence-corrected chi connectivity index (χ3v) is 2.73. The van der Waals surface area contributed by atoms with Crippen molar-refractivity contribution in [2.75, 3.05) is 0 Å². The largest absolute Gasteiger partial charge is 0.478 e. The van der Waals surface area contributed by atoms with Crippen LogP contribution >= 0.6 is 0 Å². The van der Waals surface area contributed by atoms with Gasteiger partial charge in [0.1, 0.15) is 5.82 Å². The summed E-state index contributed by atoms with van der Waals surface area (Å²) in [6.07, 6.45) is 0.380. The highest BCUT2D eigenvalue weighted by molar-refractivity contribution is 5.77. The molecule has 0 spiro atoms. The summed E-state index contributed by atoms with van der Waals surface area (Å²) in [6, 6.07) is 2.78. The molecule has 0 aromatic heterocycles. The molecule has 0 amide bonds. The smallest absolute Gasteiger partial charge is 0.348 e. The Kier molecular flexibility index (Phi) is 4.04. The van der Waals surface area contributed by atoms with E-state index in [9.17, 15) is 13.6 Å². The number of carbonyl (C=O) groups is 1. The van der Waals surface area contributed by atoms with Gasteiger partial charge in [-0.25, -0.2) is 13.6 Å². The lowest BCUT2D eigenvalue weighted by Crippen LogP contribution is -2.43. The molecule has 1 rings (SSSR count). The highest BCUT2D eigenvalue weighted by Crippen LogP contribution is 2.27. The maximum atomic E-state index is 13.4. The van der Waals surface area contributed by atoms with Gasteiger partial charge in [0.25, 0.3) is 0 Å². The SMILES string of the molecule is CCC(CC)(Oc1ccc(F)cc1F)C(=O)O. The maximum Gasteiger partial charge on any atom is 0.348 e. The van der Waals surface area contributed by atoms with E-state index >= 15 is 0 Å². The van der Waals surface area contributed by atoms with E-state index in [1.165, 1.54) is 0 Å². The van der Waals surface area contributed by atoms with Crippen molar-refractivity contribution >= 4 is 5.97 Å². The van der Waals surface area contributed by atoms with Crippen LogP contribution in [0.3, 0.4) is 0 Å². The lowest BCUT2D eigenvalue weighted by atomic mass is 9.97. The van der Waals surface area contributed by atoms with E-state index in [0.29, 0.717) is 6.07 Å². The van der Waals surface area contributed by atoms with Gasteiger partial charge < -0.3 is 9.84 Å². The first-order valence-electron chi connectivity index (χ1n) is 5.32. The fraction of sp³-hybridized carbons (Fsp3) is 0.417. The number of rotatable bonds is 5. The Labute approximate surface area is 98.0 Å². The van der Waals surface area contributed by atoms with Crippen LogP contribution in [0, 0.1) is 11.6 Å². The van der Waals surface area contributed by atoms with E-state index in [1.807, 2.05) is 0 Å². The molecule has 0 heterocycles. The van der Waals surface area contributed by atoms with E-state index in [1.54, 1.807) is 13.8 Å². The van der Waals surface area contributed by atoms with Gasteiger partial charge in [-0.05, 0) is 25.0 Å². The van der Waals surface area contributed by atoms with E-state index < -0.39 is 23.2 Å². The molecule has 0 aliphatic heterocycles. The lowest BCUT2D eigenvalue weighted by molar-refractivity contribution is -0.156. The third-order valence-electron chi connectivity index (χ3n) is 2.73. The van der Waals surface area contributed by atoms with Gasteiger partial charge in [0.05, 0.1) is 0 Å². The molecule has 0 aliphatic rings. The number of carboxylic acid groups (broad SMARTS) is 1. The number of hydrogen-bond donors (Lipinski definition) is 1. The molecular formula is C12H14F2O3. The van der Waals surface area contributed by atoms with Crippen LogP contribution in [0.5, 0.6) is 5.75 Å². The van der Waals surface area contributed by atoms with E-state index in [0.717, 1.165) is 12.1 Å². The molecule has 17 heavy (non-hydrogen) atoms. The predicted molar refractivity (Wildman–Crippen MR) is 57.9 cm³/mol. The van der Waals surface area contributed by atoms with Crippen LogP contribution in [0.1, 0.15) is 26.7 Å². The zero-order valence-electron chi connectivity index (χ0n) is 9.67. The molecule has 0 atom stereocenters. The van der Waals surface area contributed by atoms with E-state index in [4.69, 9.17) is 9.84 Å². The van der Waals surface area contributed by atoms with Crippen LogP contribution in [0.25, 0.3) is 0 Å². The molecule has 0 radical (unpaired) electrons. The zero-order valence-corrected chi connectivity index (χ0v) is 9.67. The van der Waals surface area contributed by atoms with Crippen molar-refractivity contribution in [3.8, 4) is 5.75 Å². The minimum Gasteiger partial charge on any atom is -0.478 e. The standard InChI is InChI=1S/C12H14F2O3/c1-3-12(4-2,11(15)16)17-10-6-5-8(13)7-9(10)14/h5-7H,3-4H2,1-2H3,(H,15,16). The minimum absolute atomic E-state index is 0.190. The topological polar surface area (TPSA) is 46.5 Å². The molecule has 0 saturated heterocycles. The number of benzene rings is 1. The van der Waals surface area contributed by atoms with Crippen LogP contribution in [-0.4, -0.2) is 16.7 Å². The Balaban J connectivity index is 3.05. The average Bonchev–Trinajstić information content (AvgIpc) is 2.28. The molecule has 0 unspecified atom stereocenters. The van der Waals surface area contributed by atoms with Gasteiger partial charge in [-0.15, -0.1) is 0 Å². The van der Waals surface area contributed by atoms with Crippen LogP contribution in [0.15, 0.2) is 18.2 Å². The second-order valence-electron chi connectivity index (χ2n) is 3.68. The summed E-state index contributed by atoms with van der Waals surface area (Å²) in [7, 11) is 0. The Hall–Kier alpha value is -1.65. The number of hydrogen-bond acceptors (Lipinski definition) is 2. The van der Waals surface area contributed by atoms with Crippen LogP contribution in [-0.2, 0) is 4.79 Å². The molecule has 0 bridgehead atoms. The van der Waals surface area contributed by atoms with Crippen LogP contribution in [0.2, 0.25) is 0 Å². The Morgan fingerprint density at radius 1 is 1.35 bits per heavy atom. The quantitative estimate of drug-likeness (QED) is 0.866. The van der Waals surface area contributed by atoms with Crippen molar-refractivity contribution in [2.24, 2.45) is 0 Å². The molecule has 5 heteroatoms. The molecule has 3 nitrogen and oxygen atoms in total. The lowest BCUT2D eigenvalue weighted by Gasteiger charge is -2.28. The van der Waals surface area contributed by atoms with Crippen molar-refractivity contribution in [1.29, 1.82) is 0 Å². The summed E-state index contributed by atoms with van der Waals surface area (Å²) >= 11 is 0. The van der Waals surface area contributed by atoms with Crippen molar-refractivity contribution < 1.29 is 23.4 Å². The summed E-state index contributed by atoms with van der Waals surface area (Å²) in [6.45, 7) is 3.28. The fourth-order valence-corrected chi connectivity index (χ4v) is 1.51.